The molecule has 1 heterocycles. The average molecular weight is 359 g/mol. The van der Waals surface area contributed by atoms with Crippen molar-refractivity contribution in [2.75, 3.05) is 7.11 Å². The third-order valence-electron chi connectivity index (χ3n) is 3.97. The Hall–Kier alpha value is -2.26. The Morgan fingerprint density at radius 1 is 1.28 bits per heavy atom. The summed E-state index contributed by atoms with van der Waals surface area (Å²) in [6, 6.07) is 5.79. The molecular weight excluding hydrogens is 334 g/mol. The first kappa shape index (κ1) is 19.1. The quantitative estimate of drug-likeness (QED) is 0.769. The average Bonchev–Trinajstić information content (AvgIpc) is 2.54. The Balaban J connectivity index is 3.03. The molecule has 5 nitrogen and oxygen atoms in total. The maximum Gasteiger partial charge on any atom is 0.344 e. The molecule has 1 aromatic heterocycles. The maximum atomic E-state index is 12.8. The fourth-order valence-electron chi connectivity index (χ4n) is 2.75. The summed E-state index contributed by atoms with van der Waals surface area (Å²) in [6.45, 7) is 11.9. The molecule has 1 aromatic carbocycles. The second-order valence-electron chi connectivity index (χ2n) is 7.45. The van der Waals surface area contributed by atoms with Crippen molar-refractivity contribution < 1.29 is 13.6 Å². The number of methoxy groups -OCH3 is 1. The molecule has 1 unspecified atom stereocenters. The molecule has 0 radical (unpaired) electrons. The van der Waals surface area contributed by atoms with Crippen LogP contribution < -0.4 is 14.8 Å². The molecule has 0 bridgehead atoms. The number of ether oxygens (including phenoxy) is 1. The Morgan fingerprint density at radius 3 is 2.40 bits per heavy atom. The molecule has 134 valence electrons. The molecule has 0 fully saturated rings. The van der Waals surface area contributed by atoms with Crippen molar-refractivity contribution in [1.82, 2.24) is 0 Å². The lowest BCUT2D eigenvalue weighted by Crippen LogP contribution is -2.19. The summed E-state index contributed by atoms with van der Waals surface area (Å²) in [5, 5.41) is 10.5. The highest BCUT2D eigenvalue weighted by atomic mass is 28.3. The van der Waals surface area contributed by atoms with Gasteiger partial charge in [0.15, 0.2) is 11.5 Å². The third kappa shape index (κ3) is 3.72. The third-order valence-corrected chi connectivity index (χ3v) is 4.68. The minimum absolute atomic E-state index is 0.281. The van der Waals surface area contributed by atoms with E-state index < -0.39 is 20.6 Å². The van der Waals surface area contributed by atoms with E-state index >= 15 is 0 Å². The van der Waals surface area contributed by atoms with Crippen LogP contribution in [0.15, 0.2) is 21.3 Å². The maximum absolute atomic E-state index is 12.8. The monoisotopic (exact) mass is 359 g/mol. The van der Waals surface area contributed by atoms with Gasteiger partial charge in [0, 0.05) is 5.39 Å². The van der Waals surface area contributed by atoms with Crippen LogP contribution >= 0.6 is 0 Å². The van der Waals surface area contributed by atoms with Crippen LogP contribution in [0.2, 0.25) is 13.1 Å². The lowest BCUT2D eigenvalue weighted by Gasteiger charge is -2.24. The molecule has 0 N–H and O–H groups in total. The van der Waals surface area contributed by atoms with Gasteiger partial charge in [-0.25, -0.2) is 4.79 Å². The van der Waals surface area contributed by atoms with Gasteiger partial charge in [-0.15, -0.1) is 0 Å². The van der Waals surface area contributed by atoms with Crippen molar-refractivity contribution in [1.29, 1.82) is 5.26 Å². The van der Waals surface area contributed by atoms with Crippen molar-refractivity contribution in [2.24, 2.45) is 0 Å². The zero-order valence-electron chi connectivity index (χ0n) is 15.9. The number of hydrogen-bond donors (Lipinski definition) is 0. The highest BCUT2D eigenvalue weighted by molar-refractivity contribution is 6.49. The fourth-order valence-corrected chi connectivity index (χ4v) is 3.47. The SMILES string of the molecule is COc1cc(C(C)(C)C)c2c(=O)oc(C(C)C#N)c(O[SiH](C)C)c2c1. The van der Waals surface area contributed by atoms with Crippen LogP contribution in [0.1, 0.15) is 44.9 Å². The summed E-state index contributed by atoms with van der Waals surface area (Å²) in [5.41, 5.74) is 0.107. The van der Waals surface area contributed by atoms with E-state index in [1.54, 1.807) is 20.1 Å². The van der Waals surface area contributed by atoms with Gasteiger partial charge in [0.1, 0.15) is 11.7 Å². The van der Waals surface area contributed by atoms with E-state index in [9.17, 15) is 10.1 Å². The zero-order chi connectivity index (χ0) is 18.9. The van der Waals surface area contributed by atoms with E-state index in [4.69, 9.17) is 13.6 Å². The molecule has 6 heteroatoms. The molecule has 2 aromatic rings. The molecular formula is C19H25NO4Si. The molecule has 0 amide bonds. The number of rotatable bonds is 4. The molecule has 0 aliphatic rings. The summed E-state index contributed by atoms with van der Waals surface area (Å²) < 4.78 is 17.1. The summed E-state index contributed by atoms with van der Waals surface area (Å²) in [7, 11) is 0.0976. The van der Waals surface area contributed by atoms with Gasteiger partial charge in [0.2, 0.25) is 9.04 Å². The summed E-state index contributed by atoms with van der Waals surface area (Å²) in [4.78, 5) is 12.8. The van der Waals surface area contributed by atoms with E-state index in [-0.39, 0.29) is 11.2 Å². The molecule has 0 saturated carbocycles. The number of benzene rings is 1. The van der Waals surface area contributed by atoms with E-state index in [2.05, 4.69) is 6.07 Å². The second-order valence-corrected chi connectivity index (χ2v) is 9.78. The normalized spacial score (nSPS) is 12.9. The Bertz CT molecular complexity index is 887. The van der Waals surface area contributed by atoms with Gasteiger partial charge in [0.25, 0.3) is 0 Å². The fraction of sp³-hybridized carbons (Fsp3) is 0.474. The lowest BCUT2D eigenvalue weighted by molar-refractivity contribution is 0.410. The molecule has 2 rings (SSSR count). The van der Waals surface area contributed by atoms with Crippen LogP contribution in [0.5, 0.6) is 11.5 Å². The summed E-state index contributed by atoms with van der Waals surface area (Å²) in [6.07, 6.45) is 0. The van der Waals surface area contributed by atoms with Gasteiger partial charge >= 0.3 is 5.63 Å². The number of nitrogens with zero attached hydrogens (tertiary/aromatic N) is 1. The minimum atomic E-state index is -1.50. The van der Waals surface area contributed by atoms with Gasteiger partial charge in [0.05, 0.1) is 18.6 Å². The standard InChI is InChI=1S/C19H25NO4Si/c1-11(10-20)16-17(24-25(6)7)13-8-12(22-5)9-14(19(2,3)4)15(13)18(21)23-16/h8-9,11,25H,1-7H3. The number of nitriles is 1. The molecule has 0 aliphatic carbocycles. The second kappa shape index (κ2) is 6.93. The van der Waals surface area contributed by atoms with Crippen LogP contribution in [0.3, 0.4) is 0 Å². The van der Waals surface area contributed by atoms with Crippen LogP contribution in [0, 0.1) is 11.3 Å². The number of hydrogen-bond acceptors (Lipinski definition) is 5. The first-order valence-electron chi connectivity index (χ1n) is 8.35. The zero-order valence-corrected chi connectivity index (χ0v) is 17.0. The van der Waals surface area contributed by atoms with E-state index in [1.165, 1.54) is 0 Å². The van der Waals surface area contributed by atoms with Crippen molar-refractivity contribution >= 4 is 19.8 Å². The van der Waals surface area contributed by atoms with Crippen LogP contribution in [-0.4, -0.2) is 16.2 Å². The largest absolute Gasteiger partial charge is 0.544 e. The lowest BCUT2D eigenvalue weighted by atomic mass is 9.83. The molecule has 0 saturated heterocycles. The van der Waals surface area contributed by atoms with E-state index in [0.29, 0.717) is 22.3 Å². The minimum Gasteiger partial charge on any atom is -0.544 e. The van der Waals surface area contributed by atoms with E-state index in [0.717, 1.165) is 5.56 Å². The topological polar surface area (TPSA) is 72.5 Å². The summed E-state index contributed by atoms with van der Waals surface area (Å²) >= 11 is 0. The van der Waals surface area contributed by atoms with Gasteiger partial charge < -0.3 is 13.6 Å². The van der Waals surface area contributed by atoms with Crippen molar-refractivity contribution in [3.05, 3.63) is 33.9 Å². The predicted molar refractivity (Wildman–Crippen MR) is 101 cm³/mol. The molecule has 1 atom stereocenters. The van der Waals surface area contributed by atoms with Crippen molar-refractivity contribution in [2.45, 2.75) is 52.1 Å². The van der Waals surface area contributed by atoms with Gasteiger partial charge in [-0.1, -0.05) is 20.8 Å². The van der Waals surface area contributed by atoms with Crippen LogP contribution in [-0.2, 0) is 5.41 Å². The van der Waals surface area contributed by atoms with Gasteiger partial charge in [-0.3, -0.25) is 0 Å². The first-order chi connectivity index (χ1) is 11.6. The highest BCUT2D eigenvalue weighted by Gasteiger charge is 2.27. The van der Waals surface area contributed by atoms with Crippen molar-refractivity contribution in [3.63, 3.8) is 0 Å². The molecule has 0 spiro atoms. The van der Waals surface area contributed by atoms with Crippen LogP contribution in [0.4, 0.5) is 0 Å². The number of fused-ring (bicyclic) bond motifs is 1. The van der Waals surface area contributed by atoms with E-state index in [1.807, 2.05) is 39.9 Å². The van der Waals surface area contributed by atoms with Crippen LogP contribution in [0.25, 0.3) is 10.8 Å². The Morgan fingerprint density at radius 2 is 1.92 bits per heavy atom. The van der Waals surface area contributed by atoms with Gasteiger partial charge in [-0.2, -0.15) is 5.26 Å². The Labute approximate surface area is 149 Å². The molecule has 0 aliphatic heterocycles. The van der Waals surface area contributed by atoms with Gasteiger partial charge in [-0.05, 0) is 43.1 Å². The summed E-state index contributed by atoms with van der Waals surface area (Å²) in [5.74, 6) is 0.849. The highest BCUT2D eigenvalue weighted by Crippen LogP contribution is 2.39. The molecule has 25 heavy (non-hydrogen) atoms. The smallest absolute Gasteiger partial charge is 0.344 e. The Kier molecular flexibility index (Phi) is 5.28. The first-order valence-corrected chi connectivity index (χ1v) is 11.1. The predicted octanol–water partition coefficient (Wildman–Crippen LogP) is 4.09. The van der Waals surface area contributed by atoms with Crippen molar-refractivity contribution in [3.8, 4) is 17.6 Å².